The van der Waals surface area contributed by atoms with Crippen LogP contribution < -0.4 is 5.01 Å². The summed E-state index contributed by atoms with van der Waals surface area (Å²) in [5.41, 5.74) is 3.67. The third-order valence-electron chi connectivity index (χ3n) is 8.30. The first-order valence-electron chi connectivity index (χ1n) is 10.6. The lowest BCUT2D eigenvalue weighted by Crippen LogP contribution is -2.66. The molecule has 0 amide bonds. The molecule has 3 aliphatic carbocycles. The topological polar surface area (TPSA) is 6.48 Å². The maximum atomic E-state index is 5.71. The highest BCUT2D eigenvalue weighted by molar-refractivity contribution is 7.78. The summed E-state index contributed by atoms with van der Waals surface area (Å²) in [5, 5.41) is 5.10. The molecule has 3 heteroatoms. The van der Waals surface area contributed by atoms with Crippen LogP contribution in [0.2, 0.25) is 0 Å². The quantitative estimate of drug-likeness (QED) is 0.449. The van der Waals surface area contributed by atoms with Gasteiger partial charge >= 0.3 is 0 Å². The van der Waals surface area contributed by atoms with Crippen molar-refractivity contribution in [3.05, 3.63) is 30.3 Å². The van der Waals surface area contributed by atoms with Crippen LogP contribution in [0.15, 0.2) is 30.3 Å². The minimum atomic E-state index is 0.102. The average molecular weight is 371 g/mol. The Morgan fingerprint density at radius 2 is 1.58 bits per heavy atom. The Bertz CT molecular complexity index is 637. The zero-order valence-corrected chi connectivity index (χ0v) is 17.5. The number of fused-ring (bicyclic) bond motifs is 2. The molecule has 3 saturated carbocycles. The van der Waals surface area contributed by atoms with E-state index in [1.54, 1.807) is 0 Å². The van der Waals surface area contributed by atoms with E-state index < -0.39 is 0 Å². The number of hydrogen-bond donors (Lipinski definition) is 0. The predicted octanol–water partition coefficient (Wildman–Crippen LogP) is 6.21. The van der Waals surface area contributed by atoms with Crippen LogP contribution in [-0.4, -0.2) is 22.1 Å². The van der Waals surface area contributed by atoms with Crippen LogP contribution in [0.1, 0.15) is 72.1 Å². The summed E-state index contributed by atoms with van der Waals surface area (Å²) in [6.07, 6.45) is 10.7. The van der Waals surface area contributed by atoms with Gasteiger partial charge in [0.25, 0.3) is 0 Å². The molecule has 3 aliphatic rings. The van der Waals surface area contributed by atoms with Gasteiger partial charge in [0.05, 0.1) is 22.8 Å². The molecule has 142 valence electrons. The highest BCUT2D eigenvalue weighted by Crippen LogP contribution is 2.63. The zero-order chi connectivity index (χ0) is 18.4. The maximum absolute atomic E-state index is 5.71. The van der Waals surface area contributed by atoms with Gasteiger partial charge in [0.1, 0.15) is 0 Å². The fraction of sp³-hybridized carbons (Fsp3) is 0.696. The van der Waals surface area contributed by atoms with Crippen molar-refractivity contribution in [2.45, 2.75) is 83.7 Å². The second-order valence-electron chi connectivity index (χ2n) is 9.50. The number of hydrazine groups is 1. The molecule has 3 atom stereocenters. The van der Waals surface area contributed by atoms with Gasteiger partial charge in [-0.3, -0.25) is 10.0 Å². The van der Waals surface area contributed by atoms with Crippen LogP contribution in [-0.2, 0) is 0 Å². The molecular weight excluding hydrogens is 336 g/mol. The van der Waals surface area contributed by atoms with Crippen molar-refractivity contribution >= 4 is 23.4 Å². The number of anilines is 1. The smallest absolute Gasteiger partial charge is 0.0849 e. The molecule has 0 radical (unpaired) electrons. The van der Waals surface area contributed by atoms with E-state index in [9.17, 15) is 0 Å². The van der Waals surface area contributed by atoms with Crippen molar-refractivity contribution in [1.29, 1.82) is 0 Å². The molecule has 0 aromatic heterocycles. The van der Waals surface area contributed by atoms with Gasteiger partial charge in [0, 0.05) is 0 Å². The third kappa shape index (κ3) is 2.61. The Hall–Kier alpha value is -1.09. The van der Waals surface area contributed by atoms with Gasteiger partial charge in [-0.25, -0.2) is 0 Å². The van der Waals surface area contributed by atoms with Gasteiger partial charge in [-0.15, -0.1) is 0 Å². The largest absolute Gasteiger partial charge is 0.282 e. The predicted molar refractivity (Wildman–Crippen MR) is 114 cm³/mol. The van der Waals surface area contributed by atoms with E-state index in [-0.39, 0.29) is 11.0 Å². The molecule has 0 heterocycles. The maximum Gasteiger partial charge on any atom is 0.0849 e. The summed E-state index contributed by atoms with van der Waals surface area (Å²) in [4.78, 5) is 0. The molecule has 0 aliphatic heterocycles. The van der Waals surface area contributed by atoms with Crippen LogP contribution >= 0.6 is 12.2 Å². The van der Waals surface area contributed by atoms with E-state index in [2.05, 4.69) is 61.1 Å². The number of hydrogen-bond acceptors (Lipinski definition) is 2. The molecule has 3 unspecified atom stereocenters. The first kappa shape index (κ1) is 18.3. The average Bonchev–Trinajstić information content (AvgIpc) is 3.23. The SMILES string of the molecule is CC1(C)C2CCC(C2)C1(C)N(C=S)N(c1ccccc1)C1CCCCC1. The van der Waals surface area contributed by atoms with Crippen LogP contribution in [0.5, 0.6) is 0 Å². The first-order chi connectivity index (χ1) is 12.5. The van der Waals surface area contributed by atoms with Crippen molar-refractivity contribution in [2.75, 3.05) is 5.01 Å². The van der Waals surface area contributed by atoms with Crippen molar-refractivity contribution in [3.8, 4) is 0 Å². The normalized spacial score (nSPS) is 33.2. The lowest BCUT2D eigenvalue weighted by atomic mass is 9.63. The van der Waals surface area contributed by atoms with Gasteiger partial charge in [-0.2, -0.15) is 0 Å². The Morgan fingerprint density at radius 3 is 2.15 bits per heavy atom. The minimum absolute atomic E-state index is 0.102. The molecule has 1 aromatic rings. The van der Waals surface area contributed by atoms with Crippen LogP contribution in [0.3, 0.4) is 0 Å². The third-order valence-corrected chi connectivity index (χ3v) is 8.50. The van der Waals surface area contributed by atoms with E-state index in [1.165, 1.54) is 57.1 Å². The number of benzene rings is 1. The fourth-order valence-electron chi connectivity index (χ4n) is 6.37. The highest BCUT2D eigenvalue weighted by Gasteiger charge is 2.63. The molecule has 0 saturated heterocycles. The molecule has 0 N–H and O–H groups in total. The summed E-state index contributed by atoms with van der Waals surface area (Å²) in [6.45, 7) is 7.48. The minimum Gasteiger partial charge on any atom is -0.282 e. The van der Waals surface area contributed by atoms with Gasteiger partial charge in [-0.1, -0.05) is 63.5 Å². The summed E-state index contributed by atoms with van der Waals surface area (Å²) >= 11 is 5.71. The number of para-hydroxylation sites is 1. The monoisotopic (exact) mass is 370 g/mol. The Balaban J connectivity index is 1.77. The lowest BCUT2D eigenvalue weighted by Gasteiger charge is -2.58. The summed E-state index contributed by atoms with van der Waals surface area (Å²) < 4.78 is 0. The van der Waals surface area contributed by atoms with E-state index in [4.69, 9.17) is 12.2 Å². The number of thiocarbonyl (C=S) groups is 1. The van der Waals surface area contributed by atoms with Crippen molar-refractivity contribution in [2.24, 2.45) is 17.3 Å². The summed E-state index contributed by atoms with van der Waals surface area (Å²) in [6, 6.07) is 11.6. The van der Waals surface area contributed by atoms with E-state index in [0.717, 1.165) is 11.8 Å². The van der Waals surface area contributed by atoms with Gasteiger partial charge < -0.3 is 0 Å². The zero-order valence-electron chi connectivity index (χ0n) is 16.7. The number of nitrogens with zero attached hydrogens (tertiary/aromatic N) is 2. The standard InChI is InChI=1S/C23H34N2S/c1-22(2)18-14-15-19(16-18)23(22,3)24(17-26)25(20-10-6-4-7-11-20)21-12-8-5-9-13-21/h4,6-7,10-11,17-19,21H,5,8-9,12-16H2,1-3H3. The van der Waals surface area contributed by atoms with Crippen molar-refractivity contribution in [3.63, 3.8) is 0 Å². The molecular formula is C23H34N2S. The van der Waals surface area contributed by atoms with Gasteiger partial charge in [0.2, 0.25) is 0 Å². The molecule has 3 fully saturated rings. The highest BCUT2D eigenvalue weighted by atomic mass is 32.1. The molecule has 0 spiro atoms. The molecule has 26 heavy (non-hydrogen) atoms. The van der Waals surface area contributed by atoms with Crippen LogP contribution in [0, 0.1) is 17.3 Å². The second kappa shape index (κ2) is 6.82. The molecule has 2 nitrogen and oxygen atoms in total. The summed E-state index contributed by atoms with van der Waals surface area (Å²) in [5.74, 6) is 1.58. The van der Waals surface area contributed by atoms with Crippen LogP contribution in [0.25, 0.3) is 0 Å². The summed E-state index contributed by atoms with van der Waals surface area (Å²) in [7, 11) is 0. The van der Waals surface area contributed by atoms with Gasteiger partial charge in [0.15, 0.2) is 0 Å². The van der Waals surface area contributed by atoms with E-state index in [0.29, 0.717) is 6.04 Å². The van der Waals surface area contributed by atoms with E-state index >= 15 is 0 Å². The van der Waals surface area contributed by atoms with Crippen LogP contribution in [0.4, 0.5) is 5.69 Å². The number of rotatable bonds is 5. The Labute approximate surface area is 164 Å². The Morgan fingerprint density at radius 1 is 0.923 bits per heavy atom. The fourth-order valence-corrected chi connectivity index (χ4v) is 6.69. The van der Waals surface area contributed by atoms with Crippen molar-refractivity contribution < 1.29 is 0 Å². The second-order valence-corrected chi connectivity index (χ2v) is 9.71. The molecule has 1 aromatic carbocycles. The molecule has 4 rings (SSSR count). The Kier molecular flexibility index (Phi) is 4.79. The lowest BCUT2D eigenvalue weighted by molar-refractivity contribution is -0.0127. The van der Waals surface area contributed by atoms with Crippen molar-refractivity contribution in [1.82, 2.24) is 5.01 Å². The first-order valence-corrected chi connectivity index (χ1v) is 11.1. The van der Waals surface area contributed by atoms with E-state index in [1.807, 2.05) is 5.49 Å². The molecule has 2 bridgehead atoms. The van der Waals surface area contributed by atoms with Gasteiger partial charge in [-0.05, 0) is 68.4 Å².